The third-order valence-electron chi connectivity index (χ3n) is 1.95. The van der Waals surface area contributed by atoms with Gasteiger partial charge in [-0.3, -0.25) is 0 Å². The molecule has 2 heterocycles. The molecule has 0 saturated carbocycles. The molecule has 2 N–H and O–H groups in total. The van der Waals surface area contributed by atoms with E-state index in [1.807, 2.05) is 13.2 Å². The van der Waals surface area contributed by atoms with Crippen LogP contribution in [0.1, 0.15) is 16.5 Å². The normalized spacial score (nSPS) is 10.9. The van der Waals surface area contributed by atoms with Crippen LogP contribution in [-0.2, 0) is 12.3 Å². The van der Waals surface area contributed by atoms with Gasteiger partial charge in [-0.05, 0) is 13.2 Å². The standard InChI is InChI=1S/C9H12N4OS2/c1-5-8(16-7(3-10)11-5)9-12-6(4-15-2)13-14-9/h3-4,10H2,1-2H3. The molecule has 0 bridgehead atoms. The fourth-order valence-corrected chi connectivity index (χ4v) is 2.51. The van der Waals surface area contributed by atoms with Crippen molar-refractivity contribution in [1.29, 1.82) is 0 Å². The summed E-state index contributed by atoms with van der Waals surface area (Å²) < 4.78 is 5.20. The molecule has 0 unspecified atom stereocenters. The van der Waals surface area contributed by atoms with Crippen LogP contribution in [0.2, 0.25) is 0 Å². The smallest absolute Gasteiger partial charge is 0.269 e. The van der Waals surface area contributed by atoms with Gasteiger partial charge in [0.2, 0.25) is 0 Å². The summed E-state index contributed by atoms with van der Waals surface area (Å²) in [5, 5.41) is 4.79. The first kappa shape index (κ1) is 11.6. The van der Waals surface area contributed by atoms with Crippen LogP contribution >= 0.6 is 23.1 Å². The molecular formula is C9H12N4OS2. The maximum atomic E-state index is 5.54. The molecule has 0 amide bonds. The average molecular weight is 256 g/mol. The first-order valence-electron chi connectivity index (χ1n) is 4.73. The molecule has 0 aliphatic carbocycles. The molecule has 2 aromatic heterocycles. The van der Waals surface area contributed by atoms with Gasteiger partial charge in [-0.15, -0.1) is 11.3 Å². The number of hydrogen-bond acceptors (Lipinski definition) is 7. The van der Waals surface area contributed by atoms with Crippen LogP contribution in [0.5, 0.6) is 0 Å². The number of thioether (sulfide) groups is 1. The molecule has 0 spiro atoms. The lowest BCUT2D eigenvalue weighted by atomic mass is 10.4. The molecule has 0 aliphatic rings. The van der Waals surface area contributed by atoms with Crippen LogP contribution in [0, 0.1) is 6.92 Å². The highest BCUT2D eigenvalue weighted by molar-refractivity contribution is 7.97. The summed E-state index contributed by atoms with van der Waals surface area (Å²) in [7, 11) is 0. The Morgan fingerprint density at radius 1 is 1.44 bits per heavy atom. The van der Waals surface area contributed by atoms with E-state index in [-0.39, 0.29) is 0 Å². The van der Waals surface area contributed by atoms with Crippen molar-refractivity contribution >= 4 is 23.1 Å². The largest absolute Gasteiger partial charge is 0.333 e. The van der Waals surface area contributed by atoms with Gasteiger partial charge in [-0.25, -0.2) is 4.98 Å². The van der Waals surface area contributed by atoms with Crippen molar-refractivity contribution in [3.8, 4) is 10.8 Å². The van der Waals surface area contributed by atoms with E-state index in [0.717, 1.165) is 21.3 Å². The summed E-state index contributed by atoms with van der Waals surface area (Å²) in [6, 6.07) is 0. The van der Waals surface area contributed by atoms with Crippen LogP contribution in [0.3, 0.4) is 0 Å². The van der Waals surface area contributed by atoms with Gasteiger partial charge in [0.1, 0.15) is 9.88 Å². The fraction of sp³-hybridized carbons (Fsp3) is 0.444. The Bertz CT molecular complexity index is 480. The molecule has 0 saturated heterocycles. The van der Waals surface area contributed by atoms with Crippen molar-refractivity contribution in [1.82, 2.24) is 15.1 Å². The fourth-order valence-electron chi connectivity index (χ4n) is 1.27. The third-order valence-corrected chi connectivity index (χ3v) is 3.67. The van der Waals surface area contributed by atoms with Crippen molar-refractivity contribution in [2.75, 3.05) is 6.26 Å². The Morgan fingerprint density at radius 3 is 2.88 bits per heavy atom. The summed E-state index contributed by atoms with van der Waals surface area (Å²) in [4.78, 5) is 9.55. The molecule has 16 heavy (non-hydrogen) atoms. The van der Waals surface area contributed by atoms with Gasteiger partial charge in [0.05, 0.1) is 11.4 Å². The molecule has 0 atom stereocenters. The van der Waals surface area contributed by atoms with Gasteiger partial charge in [-0.1, -0.05) is 5.16 Å². The molecule has 2 rings (SSSR count). The number of thiazole rings is 1. The summed E-state index contributed by atoms with van der Waals surface area (Å²) in [6.07, 6.45) is 2.00. The predicted molar refractivity (Wildman–Crippen MR) is 65.3 cm³/mol. The Labute approximate surface area is 101 Å². The number of nitrogens with two attached hydrogens (primary N) is 1. The number of nitrogens with zero attached hydrogens (tertiary/aromatic N) is 3. The van der Waals surface area contributed by atoms with Gasteiger partial charge in [0.25, 0.3) is 5.89 Å². The summed E-state index contributed by atoms with van der Waals surface area (Å²) in [6.45, 7) is 2.36. The molecule has 7 heteroatoms. The maximum absolute atomic E-state index is 5.54. The topological polar surface area (TPSA) is 77.8 Å². The average Bonchev–Trinajstić information content (AvgIpc) is 2.85. The Kier molecular flexibility index (Phi) is 3.57. The third kappa shape index (κ3) is 2.26. The molecule has 0 radical (unpaired) electrons. The zero-order valence-corrected chi connectivity index (χ0v) is 10.7. The molecule has 86 valence electrons. The zero-order chi connectivity index (χ0) is 11.5. The molecule has 0 aliphatic heterocycles. The van der Waals surface area contributed by atoms with Gasteiger partial charge < -0.3 is 10.3 Å². The van der Waals surface area contributed by atoms with Gasteiger partial charge in [-0.2, -0.15) is 16.7 Å². The lowest BCUT2D eigenvalue weighted by Crippen LogP contribution is -1.94. The Morgan fingerprint density at radius 2 is 2.25 bits per heavy atom. The molecule has 5 nitrogen and oxygen atoms in total. The van der Waals surface area contributed by atoms with E-state index in [1.54, 1.807) is 11.8 Å². The predicted octanol–water partition coefficient (Wildman–Crippen LogP) is 1.82. The van der Waals surface area contributed by atoms with E-state index < -0.39 is 0 Å². The Balaban J connectivity index is 2.30. The minimum atomic E-state index is 0.442. The zero-order valence-electron chi connectivity index (χ0n) is 9.06. The molecular weight excluding hydrogens is 244 g/mol. The maximum Gasteiger partial charge on any atom is 0.269 e. The second-order valence-electron chi connectivity index (χ2n) is 3.18. The van der Waals surface area contributed by atoms with Crippen molar-refractivity contribution in [3.05, 3.63) is 16.5 Å². The van der Waals surface area contributed by atoms with Crippen LogP contribution in [0.4, 0.5) is 0 Å². The van der Waals surface area contributed by atoms with Gasteiger partial charge >= 0.3 is 0 Å². The second kappa shape index (κ2) is 4.94. The van der Waals surface area contributed by atoms with Crippen LogP contribution in [0.25, 0.3) is 10.8 Å². The minimum Gasteiger partial charge on any atom is -0.333 e. The van der Waals surface area contributed by atoms with Crippen LogP contribution < -0.4 is 5.73 Å². The van der Waals surface area contributed by atoms with E-state index >= 15 is 0 Å². The second-order valence-corrected chi connectivity index (χ2v) is 5.12. The Hall–Kier alpha value is -0.920. The first-order chi connectivity index (χ1) is 7.74. The minimum absolute atomic E-state index is 0.442. The van der Waals surface area contributed by atoms with E-state index in [4.69, 9.17) is 10.3 Å². The number of aromatic nitrogens is 3. The van der Waals surface area contributed by atoms with E-state index in [0.29, 0.717) is 18.3 Å². The quantitative estimate of drug-likeness (QED) is 0.899. The molecule has 0 aromatic carbocycles. The number of aryl methyl sites for hydroxylation is 1. The van der Waals surface area contributed by atoms with Crippen molar-refractivity contribution < 1.29 is 4.52 Å². The van der Waals surface area contributed by atoms with E-state index in [1.165, 1.54) is 11.3 Å². The van der Waals surface area contributed by atoms with Gasteiger partial charge in [0, 0.05) is 6.54 Å². The first-order valence-corrected chi connectivity index (χ1v) is 6.94. The lowest BCUT2D eigenvalue weighted by molar-refractivity contribution is 0.425. The van der Waals surface area contributed by atoms with Crippen molar-refractivity contribution in [2.45, 2.75) is 19.2 Å². The number of hydrogen-bond donors (Lipinski definition) is 1. The van der Waals surface area contributed by atoms with Crippen molar-refractivity contribution in [3.63, 3.8) is 0 Å². The molecule has 0 fully saturated rings. The summed E-state index contributed by atoms with van der Waals surface area (Å²) in [5.74, 6) is 2.01. The monoisotopic (exact) mass is 256 g/mol. The van der Waals surface area contributed by atoms with Crippen LogP contribution in [-0.4, -0.2) is 21.4 Å². The highest BCUT2D eigenvalue weighted by Crippen LogP contribution is 2.28. The lowest BCUT2D eigenvalue weighted by Gasteiger charge is -1.87. The summed E-state index contributed by atoms with van der Waals surface area (Å²) in [5.41, 5.74) is 6.43. The highest BCUT2D eigenvalue weighted by Gasteiger charge is 2.15. The SMILES string of the molecule is CSCc1noc(-c2sc(CN)nc2C)n1. The highest BCUT2D eigenvalue weighted by atomic mass is 32.2. The van der Waals surface area contributed by atoms with E-state index in [2.05, 4.69) is 15.1 Å². The summed E-state index contributed by atoms with van der Waals surface area (Å²) >= 11 is 3.16. The molecule has 2 aromatic rings. The number of rotatable bonds is 4. The van der Waals surface area contributed by atoms with Crippen molar-refractivity contribution in [2.24, 2.45) is 5.73 Å². The van der Waals surface area contributed by atoms with Gasteiger partial charge in [0.15, 0.2) is 5.82 Å². The van der Waals surface area contributed by atoms with E-state index in [9.17, 15) is 0 Å². The van der Waals surface area contributed by atoms with Crippen LogP contribution in [0.15, 0.2) is 4.52 Å².